The second kappa shape index (κ2) is 6.19. The summed E-state index contributed by atoms with van der Waals surface area (Å²) in [4.78, 5) is 15.3. The molecule has 0 unspecified atom stereocenters. The van der Waals surface area contributed by atoms with Crippen LogP contribution in [0.3, 0.4) is 0 Å². The van der Waals surface area contributed by atoms with E-state index < -0.39 is 0 Å². The van der Waals surface area contributed by atoms with Crippen molar-refractivity contribution in [2.75, 3.05) is 19.8 Å². The molecule has 1 aromatic rings. The van der Waals surface area contributed by atoms with Crippen LogP contribution in [0.2, 0.25) is 0 Å². The molecular weight excluding hydrogens is 194 g/mol. The van der Waals surface area contributed by atoms with Gasteiger partial charge in [-0.2, -0.15) is 0 Å². The van der Waals surface area contributed by atoms with E-state index in [1.165, 1.54) is 0 Å². The number of aryl methyl sites for hydroxylation is 1. The van der Waals surface area contributed by atoms with Crippen molar-refractivity contribution in [3.05, 3.63) is 18.2 Å². The highest BCUT2D eigenvalue weighted by Gasteiger charge is 2.02. The summed E-state index contributed by atoms with van der Waals surface area (Å²) in [6.45, 7) is 3.15. The fourth-order valence-electron chi connectivity index (χ4n) is 1.20. The van der Waals surface area contributed by atoms with Gasteiger partial charge in [-0.15, -0.1) is 0 Å². The van der Waals surface area contributed by atoms with Crippen molar-refractivity contribution in [1.29, 1.82) is 0 Å². The zero-order chi connectivity index (χ0) is 11.1. The van der Waals surface area contributed by atoms with Crippen molar-refractivity contribution in [2.24, 2.45) is 7.05 Å². The largest absolute Gasteiger partial charge is 0.372 e. The Morgan fingerprint density at radius 2 is 2.47 bits per heavy atom. The normalized spacial score (nSPS) is 10.3. The molecule has 0 aliphatic carbocycles. The molecule has 0 bridgehead atoms. The fourth-order valence-corrected chi connectivity index (χ4v) is 1.20. The standard InChI is InChI=1S/C10H17N3O2/c1-3-15-8-10(14)12-5-4-9-11-6-7-13(9)2/h6-7H,3-5,8H2,1-2H3,(H,12,14). The number of hydrogen-bond acceptors (Lipinski definition) is 3. The molecule has 15 heavy (non-hydrogen) atoms. The minimum absolute atomic E-state index is 0.0777. The Labute approximate surface area is 89.4 Å². The van der Waals surface area contributed by atoms with Gasteiger partial charge in [0.25, 0.3) is 0 Å². The molecule has 1 heterocycles. The molecule has 0 saturated carbocycles. The molecule has 84 valence electrons. The number of nitrogens with one attached hydrogen (secondary N) is 1. The summed E-state index contributed by atoms with van der Waals surface area (Å²) in [5, 5.41) is 2.77. The molecule has 1 N–H and O–H groups in total. The van der Waals surface area contributed by atoms with Gasteiger partial charge in [0, 0.05) is 39.0 Å². The van der Waals surface area contributed by atoms with Crippen molar-refractivity contribution in [3.63, 3.8) is 0 Å². The number of carbonyl (C=O) groups is 1. The average Bonchev–Trinajstić information content (AvgIpc) is 2.61. The number of ether oxygens (including phenoxy) is 1. The number of aromatic nitrogens is 2. The van der Waals surface area contributed by atoms with E-state index in [4.69, 9.17) is 4.74 Å². The Bertz CT molecular complexity index is 309. The number of nitrogens with zero attached hydrogens (tertiary/aromatic N) is 2. The highest BCUT2D eigenvalue weighted by molar-refractivity contribution is 5.77. The molecule has 5 heteroatoms. The van der Waals surface area contributed by atoms with E-state index in [0.29, 0.717) is 13.2 Å². The summed E-state index contributed by atoms with van der Waals surface area (Å²) in [5.74, 6) is 0.887. The number of carbonyl (C=O) groups excluding carboxylic acids is 1. The average molecular weight is 211 g/mol. The molecule has 1 amide bonds. The molecule has 0 aromatic carbocycles. The van der Waals surface area contributed by atoms with Crippen LogP contribution in [0.15, 0.2) is 12.4 Å². The summed E-state index contributed by atoms with van der Waals surface area (Å²) in [6, 6.07) is 0. The van der Waals surface area contributed by atoms with Crippen LogP contribution in [0.5, 0.6) is 0 Å². The van der Waals surface area contributed by atoms with Crippen molar-refractivity contribution in [2.45, 2.75) is 13.3 Å². The molecule has 5 nitrogen and oxygen atoms in total. The number of rotatable bonds is 6. The van der Waals surface area contributed by atoms with Crippen LogP contribution < -0.4 is 5.32 Å². The van der Waals surface area contributed by atoms with E-state index in [9.17, 15) is 4.79 Å². The van der Waals surface area contributed by atoms with Crippen LogP contribution in [0.1, 0.15) is 12.7 Å². The van der Waals surface area contributed by atoms with Gasteiger partial charge in [-0.3, -0.25) is 4.79 Å². The van der Waals surface area contributed by atoms with Gasteiger partial charge in [0.1, 0.15) is 12.4 Å². The van der Waals surface area contributed by atoms with E-state index in [2.05, 4.69) is 10.3 Å². The van der Waals surface area contributed by atoms with Crippen molar-refractivity contribution in [3.8, 4) is 0 Å². The molecule has 1 aromatic heterocycles. The summed E-state index contributed by atoms with van der Waals surface area (Å²) in [6.07, 6.45) is 4.37. The molecule has 0 radical (unpaired) electrons. The Kier molecular flexibility index (Phi) is 4.83. The lowest BCUT2D eigenvalue weighted by atomic mass is 10.4. The van der Waals surface area contributed by atoms with Gasteiger partial charge >= 0.3 is 0 Å². The van der Waals surface area contributed by atoms with Crippen LogP contribution in [-0.4, -0.2) is 35.2 Å². The monoisotopic (exact) mass is 211 g/mol. The quantitative estimate of drug-likeness (QED) is 0.727. The maximum absolute atomic E-state index is 11.2. The molecule has 0 aliphatic rings. The van der Waals surface area contributed by atoms with Crippen LogP contribution in [-0.2, 0) is 23.0 Å². The molecule has 1 rings (SSSR count). The van der Waals surface area contributed by atoms with Gasteiger partial charge < -0.3 is 14.6 Å². The molecular formula is C10H17N3O2. The zero-order valence-corrected chi connectivity index (χ0v) is 9.19. The minimum atomic E-state index is -0.0777. The number of imidazole rings is 1. The van der Waals surface area contributed by atoms with E-state index >= 15 is 0 Å². The Hall–Kier alpha value is -1.36. The van der Waals surface area contributed by atoms with E-state index in [1.807, 2.05) is 24.7 Å². The Morgan fingerprint density at radius 1 is 1.67 bits per heavy atom. The number of amides is 1. The van der Waals surface area contributed by atoms with E-state index in [0.717, 1.165) is 12.2 Å². The summed E-state index contributed by atoms with van der Waals surface area (Å²) >= 11 is 0. The summed E-state index contributed by atoms with van der Waals surface area (Å²) in [5.41, 5.74) is 0. The molecule has 0 spiro atoms. The van der Waals surface area contributed by atoms with Gasteiger partial charge in [0.05, 0.1) is 0 Å². The third kappa shape index (κ3) is 4.12. The Morgan fingerprint density at radius 3 is 3.07 bits per heavy atom. The molecule has 0 fully saturated rings. The minimum Gasteiger partial charge on any atom is -0.372 e. The second-order valence-electron chi connectivity index (χ2n) is 3.19. The molecule has 0 atom stereocenters. The van der Waals surface area contributed by atoms with E-state index in [-0.39, 0.29) is 12.5 Å². The summed E-state index contributed by atoms with van der Waals surface area (Å²) < 4.78 is 6.91. The third-order valence-corrected chi connectivity index (χ3v) is 2.03. The fraction of sp³-hybridized carbons (Fsp3) is 0.600. The first-order valence-electron chi connectivity index (χ1n) is 5.04. The van der Waals surface area contributed by atoms with Crippen LogP contribution in [0.4, 0.5) is 0 Å². The lowest BCUT2D eigenvalue weighted by Gasteiger charge is -2.05. The second-order valence-corrected chi connectivity index (χ2v) is 3.19. The van der Waals surface area contributed by atoms with Gasteiger partial charge in [0.2, 0.25) is 5.91 Å². The summed E-state index contributed by atoms with van der Waals surface area (Å²) in [7, 11) is 1.93. The topological polar surface area (TPSA) is 56.1 Å². The van der Waals surface area contributed by atoms with Crippen molar-refractivity contribution in [1.82, 2.24) is 14.9 Å². The van der Waals surface area contributed by atoms with Crippen molar-refractivity contribution < 1.29 is 9.53 Å². The van der Waals surface area contributed by atoms with Gasteiger partial charge in [-0.1, -0.05) is 0 Å². The number of hydrogen-bond donors (Lipinski definition) is 1. The van der Waals surface area contributed by atoms with Gasteiger partial charge in [-0.25, -0.2) is 4.98 Å². The lowest BCUT2D eigenvalue weighted by Crippen LogP contribution is -2.29. The maximum Gasteiger partial charge on any atom is 0.246 e. The van der Waals surface area contributed by atoms with Crippen LogP contribution >= 0.6 is 0 Å². The van der Waals surface area contributed by atoms with Crippen molar-refractivity contribution >= 4 is 5.91 Å². The predicted octanol–water partition coefficient (Wildman–Crippen LogP) is 0.115. The van der Waals surface area contributed by atoms with Crippen LogP contribution in [0.25, 0.3) is 0 Å². The highest BCUT2D eigenvalue weighted by Crippen LogP contribution is 1.93. The van der Waals surface area contributed by atoms with Crippen LogP contribution in [0, 0.1) is 0 Å². The molecule has 0 saturated heterocycles. The predicted molar refractivity (Wildman–Crippen MR) is 56.4 cm³/mol. The highest BCUT2D eigenvalue weighted by atomic mass is 16.5. The first kappa shape index (κ1) is 11.7. The molecule has 0 aliphatic heterocycles. The van der Waals surface area contributed by atoms with Gasteiger partial charge in [0.15, 0.2) is 0 Å². The maximum atomic E-state index is 11.2. The van der Waals surface area contributed by atoms with E-state index in [1.54, 1.807) is 6.20 Å². The first-order valence-corrected chi connectivity index (χ1v) is 5.04. The third-order valence-electron chi connectivity index (χ3n) is 2.03. The smallest absolute Gasteiger partial charge is 0.246 e. The SMILES string of the molecule is CCOCC(=O)NCCc1nccn1C. The first-order chi connectivity index (χ1) is 7.24. The Balaban J connectivity index is 2.16. The zero-order valence-electron chi connectivity index (χ0n) is 9.19. The lowest BCUT2D eigenvalue weighted by molar-refractivity contribution is -0.125. The van der Waals surface area contributed by atoms with Gasteiger partial charge in [-0.05, 0) is 6.92 Å².